The lowest BCUT2D eigenvalue weighted by Gasteiger charge is -2.10. The van der Waals surface area contributed by atoms with Crippen molar-refractivity contribution >= 4 is 23.1 Å². The molecule has 0 N–H and O–H groups in total. The summed E-state index contributed by atoms with van der Waals surface area (Å²) in [6, 6.07) is 21.0. The quantitative estimate of drug-likeness (QED) is 0.518. The summed E-state index contributed by atoms with van der Waals surface area (Å²) in [5.74, 6) is -0.521. The average Bonchev–Trinajstić information content (AvgIpc) is 3.26. The van der Waals surface area contributed by atoms with E-state index in [1.54, 1.807) is 6.20 Å². The van der Waals surface area contributed by atoms with Crippen LogP contribution in [-0.2, 0) is 4.79 Å². The van der Waals surface area contributed by atoms with Crippen LogP contribution in [0.5, 0.6) is 0 Å². The van der Waals surface area contributed by atoms with E-state index in [0.29, 0.717) is 5.56 Å². The molecule has 3 aromatic carbocycles. The summed E-state index contributed by atoms with van der Waals surface area (Å²) >= 11 is 0. The standard InChI is InChI=1S/C22H14N2O2/c25-13-19-15-7-2-3-8-16(15)21-17(19)9-5-10-18(21)22(26)24-20-11-4-1-6-14(20)12-23-24/h1-13,19H. The third-order valence-electron chi connectivity index (χ3n) is 5.03. The van der Waals surface area contributed by atoms with Crippen LogP contribution in [0.2, 0.25) is 0 Å². The molecule has 0 spiro atoms. The van der Waals surface area contributed by atoms with Gasteiger partial charge >= 0.3 is 0 Å². The highest BCUT2D eigenvalue weighted by atomic mass is 16.2. The Labute approximate surface area is 149 Å². The summed E-state index contributed by atoms with van der Waals surface area (Å²) < 4.78 is 1.43. The highest BCUT2D eigenvalue weighted by molar-refractivity contribution is 6.08. The lowest BCUT2D eigenvalue weighted by Crippen LogP contribution is -2.14. The maximum atomic E-state index is 13.3. The van der Waals surface area contributed by atoms with E-state index in [1.807, 2.05) is 66.7 Å². The van der Waals surface area contributed by atoms with E-state index in [4.69, 9.17) is 0 Å². The zero-order valence-electron chi connectivity index (χ0n) is 13.8. The first-order chi connectivity index (χ1) is 12.8. The van der Waals surface area contributed by atoms with Gasteiger partial charge in [0, 0.05) is 10.9 Å². The van der Waals surface area contributed by atoms with Crippen LogP contribution in [-0.4, -0.2) is 22.0 Å². The first kappa shape index (κ1) is 14.8. The fraction of sp³-hybridized carbons (Fsp3) is 0.0455. The Hall–Kier alpha value is -3.53. The lowest BCUT2D eigenvalue weighted by molar-refractivity contribution is -0.108. The predicted octanol–water partition coefficient (Wildman–Crippen LogP) is 4.04. The van der Waals surface area contributed by atoms with Crippen molar-refractivity contribution in [1.82, 2.24) is 9.78 Å². The topological polar surface area (TPSA) is 52.0 Å². The second-order valence-electron chi connectivity index (χ2n) is 6.39. The van der Waals surface area contributed by atoms with E-state index < -0.39 is 0 Å². The minimum Gasteiger partial charge on any atom is -0.302 e. The molecular formula is C22H14N2O2. The van der Waals surface area contributed by atoms with Crippen molar-refractivity contribution in [1.29, 1.82) is 0 Å². The molecule has 0 saturated heterocycles. The lowest BCUT2D eigenvalue weighted by atomic mass is 9.97. The SMILES string of the molecule is O=CC1c2ccccc2-c2c(C(=O)n3ncc4ccccc43)cccc21. The Morgan fingerprint density at radius 1 is 0.923 bits per heavy atom. The monoisotopic (exact) mass is 338 g/mol. The third-order valence-corrected chi connectivity index (χ3v) is 5.03. The molecule has 1 aliphatic carbocycles. The first-order valence-electron chi connectivity index (χ1n) is 8.44. The molecule has 0 bridgehead atoms. The van der Waals surface area contributed by atoms with Gasteiger partial charge in [0.2, 0.25) is 0 Å². The fourth-order valence-electron chi connectivity index (χ4n) is 3.87. The van der Waals surface area contributed by atoms with Gasteiger partial charge in [0.05, 0.1) is 17.6 Å². The van der Waals surface area contributed by atoms with Crippen LogP contribution in [0.15, 0.2) is 72.9 Å². The smallest absolute Gasteiger partial charge is 0.279 e. The Balaban J connectivity index is 1.75. The Morgan fingerprint density at radius 2 is 1.69 bits per heavy atom. The molecule has 0 fully saturated rings. The van der Waals surface area contributed by atoms with E-state index in [1.165, 1.54) is 4.68 Å². The van der Waals surface area contributed by atoms with Crippen molar-refractivity contribution in [3.8, 4) is 11.1 Å². The minimum absolute atomic E-state index is 0.190. The number of aromatic nitrogens is 2. The number of para-hydroxylation sites is 1. The van der Waals surface area contributed by atoms with E-state index in [0.717, 1.165) is 39.4 Å². The molecule has 1 aromatic heterocycles. The van der Waals surface area contributed by atoms with E-state index in [2.05, 4.69) is 5.10 Å². The normalized spacial score (nSPS) is 14.8. The molecule has 4 heteroatoms. The number of fused-ring (bicyclic) bond motifs is 4. The summed E-state index contributed by atoms with van der Waals surface area (Å²) in [5.41, 5.74) is 4.94. The van der Waals surface area contributed by atoms with Gasteiger partial charge in [-0.2, -0.15) is 9.78 Å². The summed E-state index contributed by atoms with van der Waals surface area (Å²) in [7, 11) is 0. The summed E-state index contributed by atoms with van der Waals surface area (Å²) in [6.45, 7) is 0. The van der Waals surface area contributed by atoms with E-state index in [9.17, 15) is 9.59 Å². The summed E-state index contributed by atoms with van der Waals surface area (Å²) in [5, 5.41) is 5.21. The molecule has 1 atom stereocenters. The van der Waals surface area contributed by atoms with Crippen LogP contribution in [0.25, 0.3) is 22.0 Å². The molecule has 0 saturated carbocycles. The van der Waals surface area contributed by atoms with Crippen molar-refractivity contribution in [2.75, 3.05) is 0 Å². The molecule has 0 amide bonds. The zero-order valence-corrected chi connectivity index (χ0v) is 13.8. The van der Waals surface area contributed by atoms with Gasteiger partial charge in [-0.3, -0.25) is 4.79 Å². The average molecular weight is 338 g/mol. The fourth-order valence-corrected chi connectivity index (χ4v) is 3.87. The maximum absolute atomic E-state index is 13.3. The second kappa shape index (κ2) is 5.49. The van der Waals surface area contributed by atoms with Crippen molar-refractivity contribution in [3.05, 3.63) is 89.6 Å². The first-order valence-corrected chi connectivity index (χ1v) is 8.44. The van der Waals surface area contributed by atoms with Gasteiger partial charge in [0.15, 0.2) is 0 Å². The van der Waals surface area contributed by atoms with Crippen molar-refractivity contribution in [2.45, 2.75) is 5.92 Å². The molecule has 0 aliphatic heterocycles. The van der Waals surface area contributed by atoms with E-state index >= 15 is 0 Å². The molecule has 5 rings (SSSR count). The number of hydrogen-bond acceptors (Lipinski definition) is 3. The van der Waals surface area contributed by atoms with Gasteiger partial charge in [-0.05, 0) is 34.4 Å². The number of carbonyl (C=O) groups excluding carboxylic acids is 2. The largest absolute Gasteiger partial charge is 0.302 e. The van der Waals surface area contributed by atoms with Gasteiger partial charge in [-0.1, -0.05) is 54.6 Å². The van der Waals surface area contributed by atoms with Crippen LogP contribution in [0.1, 0.15) is 27.4 Å². The van der Waals surface area contributed by atoms with Crippen LogP contribution in [0.4, 0.5) is 0 Å². The molecule has 4 nitrogen and oxygen atoms in total. The number of nitrogens with zero attached hydrogens (tertiary/aromatic N) is 2. The van der Waals surface area contributed by atoms with Crippen molar-refractivity contribution in [3.63, 3.8) is 0 Å². The second-order valence-corrected chi connectivity index (χ2v) is 6.39. The number of rotatable bonds is 2. The zero-order chi connectivity index (χ0) is 17.7. The Bertz CT molecular complexity index is 1190. The molecule has 1 unspecified atom stereocenters. The van der Waals surface area contributed by atoms with Crippen LogP contribution in [0, 0.1) is 0 Å². The van der Waals surface area contributed by atoms with Crippen molar-refractivity contribution in [2.24, 2.45) is 0 Å². The van der Waals surface area contributed by atoms with Gasteiger partial charge in [0.25, 0.3) is 5.91 Å². The number of aldehydes is 1. The molecule has 26 heavy (non-hydrogen) atoms. The molecular weight excluding hydrogens is 324 g/mol. The molecule has 1 aliphatic rings. The Kier molecular flexibility index (Phi) is 3.12. The molecule has 0 radical (unpaired) electrons. The molecule has 4 aromatic rings. The van der Waals surface area contributed by atoms with Crippen LogP contribution in [0.3, 0.4) is 0 Å². The van der Waals surface area contributed by atoms with Gasteiger partial charge < -0.3 is 4.79 Å². The summed E-state index contributed by atoms with van der Waals surface area (Å²) in [6.07, 6.45) is 2.64. The number of hydrogen-bond donors (Lipinski definition) is 0. The van der Waals surface area contributed by atoms with Crippen LogP contribution < -0.4 is 0 Å². The molecule has 124 valence electrons. The molecule has 1 heterocycles. The number of carbonyl (C=O) groups is 2. The highest BCUT2D eigenvalue weighted by Crippen LogP contribution is 2.45. The summed E-state index contributed by atoms with van der Waals surface area (Å²) in [4.78, 5) is 25.0. The minimum atomic E-state index is -0.330. The van der Waals surface area contributed by atoms with E-state index in [-0.39, 0.29) is 11.8 Å². The van der Waals surface area contributed by atoms with Crippen LogP contribution >= 0.6 is 0 Å². The van der Waals surface area contributed by atoms with Gasteiger partial charge in [0.1, 0.15) is 6.29 Å². The highest BCUT2D eigenvalue weighted by Gasteiger charge is 2.32. The third kappa shape index (κ3) is 1.93. The van der Waals surface area contributed by atoms with Gasteiger partial charge in [-0.25, -0.2) is 0 Å². The Morgan fingerprint density at radius 3 is 2.58 bits per heavy atom. The van der Waals surface area contributed by atoms with Crippen molar-refractivity contribution < 1.29 is 9.59 Å². The van der Waals surface area contributed by atoms with Gasteiger partial charge in [-0.15, -0.1) is 0 Å². The maximum Gasteiger partial charge on any atom is 0.279 e. The predicted molar refractivity (Wildman–Crippen MR) is 99.2 cm³/mol. The number of benzene rings is 3.